The van der Waals surface area contributed by atoms with Crippen LogP contribution >= 0.6 is 0 Å². The summed E-state index contributed by atoms with van der Waals surface area (Å²) >= 11 is 0. The Hall–Kier alpha value is -0.320. The minimum atomic E-state index is -0.471. The average Bonchev–Trinajstić information content (AvgIpc) is 2.77. The highest BCUT2D eigenvalue weighted by atomic mass is 16.3. The van der Waals surface area contributed by atoms with E-state index >= 15 is 0 Å². The number of aliphatic hydroxyl groups is 6. The molecule has 32 heavy (non-hydrogen) atoms. The Bertz CT molecular complexity index is 377. The number of hydrogen-bond donors (Lipinski definition) is 6. The van der Waals surface area contributed by atoms with Gasteiger partial charge in [-0.25, -0.2) is 0 Å². The van der Waals surface area contributed by atoms with E-state index in [-0.39, 0.29) is 0 Å². The molecule has 8 heteroatoms. The molecule has 0 aliphatic carbocycles. The Morgan fingerprint density at radius 2 is 0.438 bits per heavy atom. The van der Waals surface area contributed by atoms with Crippen LogP contribution in [0.1, 0.15) is 77.0 Å². The van der Waals surface area contributed by atoms with Crippen LogP contribution < -0.4 is 0 Å². The Balaban J connectivity index is 2.13. The third-order valence-electron chi connectivity index (χ3n) is 7.17. The summed E-state index contributed by atoms with van der Waals surface area (Å²) in [7, 11) is 0. The average molecular weight is 461 g/mol. The molecule has 0 aromatic carbocycles. The topological polar surface area (TPSA) is 128 Å². The van der Waals surface area contributed by atoms with Gasteiger partial charge < -0.3 is 40.4 Å². The minimum Gasteiger partial charge on any atom is -0.393 e. The molecule has 0 spiro atoms. The summed E-state index contributed by atoms with van der Waals surface area (Å²) in [6, 6.07) is 0. The Morgan fingerprint density at radius 3 is 0.594 bits per heavy atom. The molecule has 3 rings (SSSR count). The highest BCUT2D eigenvalue weighted by Crippen LogP contribution is 2.16. The summed E-state index contributed by atoms with van der Waals surface area (Å²) in [5, 5.41) is 62.5. The van der Waals surface area contributed by atoms with E-state index < -0.39 is 36.6 Å². The first-order valence-corrected chi connectivity index (χ1v) is 12.8. The van der Waals surface area contributed by atoms with Crippen LogP contribution in [-0.4, -0.2) is 116 Å². The minimum absolute atomic E-state index is 0.471. The summed E-state index contributed by atoms with van der Waals surface area (Å²) in [6.45, 7) is 4.06. The molecule has 8 nitrogen and oxygen atoms in total. The van der Waals surface area contributed by atoms with Gasteiger partial charge in [0.2, 0.25) is 0 Å². The van der Waals surface area contributed by atoms with Crippen molar-refractivity contribution in [2.45, 2.75) is 114 Å². The molecule has 190 valence electrons. The summed E-state index contributed by atoms with van der Waals surface area (Å²) < 4.78 is 0. The van der Waals surface area contributed by atoms with E-state index in [9.17, 15) is 30.6 Å². The molecule has 3 aliphatic rings. The molecular formula is C24H48N2O6. The van der Waals surface area contributed by atoms with Crippen LogP contribution in [0, 0.1) is 0 Å². The van der Waals surface area contributed by atoms with Crippen LogP contribution in [0.5, 0.6) is 0 Å². The number of aliphatic hydroxyl groups excluding tert-OH is 6. The first-order valence-electron chi connectivity index (χ1n) is 12.8. The van der Waals surface area contributed by atoms with Crippen molar-refractivity contribution in [1.29, 1.82) is 0 Å². The molecule has 3 saturated heterocycles. The molecule has 0 aromatic heterocycles. The fraction of sp³-hybridized carbons (Fsp3) is 1.00. The van der Waals surface area contributed by atoms with E-state index in [2.05, 4.69) is 9.80 Å². The second-order valence-corrected chi connectivity index (χ2v) is 10.1. The largest absolute Gasteiger partial charge is 0.393 e. The van der Waals surface area contributed by atoms with Crippen molar-refractivity contribution >= 4 is 0 Å². The molecule has 6 unspecified atom stereocenters. The smallest absolute Gasteiger partial charge is 0.0553 e. The Kier molecular flexibility index (Phi) is 13.6. The SMILES string of the molecule is OC1CCC(O)CCN2CCC(O)CCC(O)CCN(CC1)CCC(O)CCC(O)CC2. The first-order chi connectivity index (χ1) is 15.3. The fourth-order valence-corrected chi connectivity index (χ4v) is 4.68. The Morgan fingerprint density at radius 1 is 0.281 bits per heavy atom. The number of hydrogen-bond acceptors (Lipinski definition) is 8. The maximum absolute atomic E-state index is 10.4. The van der Waals surface area contributed by atoms with E-state index in [4.69, 9.17) is 0 Å². The summed E-state index contributed by atoms with van der Waals surface area (Å²) in [4.78, 5) is 4.37. The van der Waals surface area contributed by atoms with Gasteiger partial charge in [0.15, 0.2) is 0 Å². The van der Waals surface area contributed by atoms with E-state index in [0.29, 0.717) is 116 Å². The third kappa shape index (κ3) is 12.2. The van der Waals surface area contributed by atoms with Crippen molar-refractivity contribution in [2.24, 2.45) is 0 Å². The number of rotatable bonds is 0. The van der Waals surface area contributed by atoms with Crippen molar-refractivity contribution in [3.05, 3.63) is 0 Å². The summed E-state index contributed by atoms with van der Waals surface area (Å²) in [5.41, 5.74) is 0. The molecule has 2 bridgehead atoms. The van der Waals surface area contributed by atoms with Crippen molar-refractivity contribution < 1.29 is 30.6 Å². The lowest BCUT2D eigenvalue weighted by Crippen LogP contribution is -2.35. The maximum Gasteiger partial charge on any atom is 0.0553 e. The quantitative estimate of drug-likeness (QED) is 0.308. The van der Waals surface area contributed by atoms with E-state index in [1.165, 1.54) is 0 Å². The van der Waals surface area contributed by atoms with E-state index in [1.807, 2.05) is 0 Å². The molecular weight excluding hydrogens is 412 g/mol. The molecule has 0 saturated carbocycles. The molecule has 3 aliphatic heterocycles. The monoisotopic (exact) mass is 460 g/mol. The fourth-order valence-electron chi connectivity index (χ4n) is 4.68. The lowest BCUT2D eigenvalue weighted by Gasteiger charge is -2.28. The molecule has 3 heterocycles. The molecule has 6 N–H and O–H groups in total. The standard InChI is InChI=1S/C24H48N2O6/c27-19-1-2-20(28)8-14-26-17-11-23(31)5-3-21(29)9-15-25(13-7-19)16-10-22(30)4-6-24(32)12-18-26/h19-24,27-32H,1-18H2. The van der Waals surface area contributed by atoms with Crippen molar-refractivity contribution in [3.63, 3.8) is 0 Å². The van der Waals surface area contributed by atoms with Gasteiger partial charge in [-0.05, 0) is 77.0 Å². The molecule has 3 fully saturated rings. The van der Waals surface area contributed by atoms with Crippen molar-refractivity contribution in [2.75, 3.05) is 39.3 Å². The van der Waals surface area contributed by atoms with Gasteiger partial charge in [-0.3, -0.25) is 0 Å². The molecule has 6 atom stereocenters. The second kappa shape index (κ2) is 15.6. The van der Waals surface area contributed by atoms with Gasteiger partial charge in [0.25, 0.3) is 0 Å². The summed E-state index contributed by atoms with van der Waals surface area (Å²) in [6.07, 6.45) is 4.09. The zero-order valence-electron chi connectivity index (χ0n) is 19.8. The van der Waals surface area contributed by atoms with Gasteiger partial charge in [-0.15, -0.1) is 0 Å². The van der Waals surface area contributed by atoms with Crippen LogP contribution in [0.2, 0.25) is 0 Å². The zero-order chi connectivity index (χ0) is 23.3. The lowest BCUT2D eigenvalue weighted by atomic mass is 10.0. The van der Waals surface area contributed by atoms with Crippen LogP contribution in [0.15, 0.2) is 0 Å². The van der Waals surface area contributed by atoms with Crippen LogP contribution in [0.25, 0.3) is 0 Å². The van der Waals surface area contributed by atoms with Crippen LogP contribution in [-0.2, 0) is 0 Å². The summed E-state index contributed by atoms with van der Waals surface area (Å²) in [5.74, 6) is 0. The lowest BCUT2D eigenvalue weighted by molar-refractivity contribution is 0.0562. The molecule has 0 radical (unpaired) electrons. The Labute approximate surface area is 193 Å². The third-order valence-corrected chi connectivity index (χ3v) is 7.17. The molecule has 0 amide bonds. The highest BCUT2D eigenvalue weighted by molar-refractivity contribution is 4.74. The normalized spacial score (nSPS) is 41.1. The van der Waals surface area contributed by atoms with Crippen molar-refractivity contribution in [3.8, 4) is 0 Å². The van der Waals surface area contributed by atoms with Crippen molar-refractivity contribution in [1.82, 2.24) is 9.80 Å². The maximum atomic E-state index is 10.4. The predicted octanol–water partition coefficient (Wildman–Crippen LogP) is 0.464. The zero-order valence-corrected chi connectivity index (χ0v) is 19.8. The first kappa shape index (κ1) is 27.9. The second-order valence-electron chi connectivity index (χ2n) is 10.1. The van der Waals surface area contributed by atoms with E-state index in [1.54, 1.807) is 0 Å². The van der Waals surface area contributed by atoms with Gasteiger partial charge in [-0.1, -0.05) is 0 Å². The van der Waals surface area contributed by atoms with Gasteiger partial charge in [0, 0.05) is 39.3 Å². The van der Waals surface area contributed by atoms with Gasteiger partial charge in [0.1, 0.15) is 0 Å². The van der Waals surface area contributed by atoms with Gasteiger partial charge >= 0.3 is 0 Å². The van der Waals surface area contributed by atoms with Gasteiger partial charge in [-0.2, -0.15) is 0 Å². The number of nitrogens with zero attached hydrogens (tertiary/aromatic N) is 2. The highest BCUT2D eigenvalue weighted by Gasteiger charge is 2.19. The van der Waals surface area contributed by atoms with Gasteiger partial charge in [0.05, 0.1) is 36.6 Å². The van der Waals surface area contributed by atoms with Crippen LogP contribution in [0.4, 0.5) is 0 Å². The molecule has 0 aromatic rings. The number of fused-ring (bicyclic) bond motifs is 21. The predicted molar refractivity (Wildman–Crippen MR) is 124 cm³/mol. The van der Waals surface area contributed by atoms with E-state index in [0.717, 1.165) is 0 Å². The van der Waals surface area contributed by atoms with Crippen LogP contribution in [0.3, 0.4) is 0 Å².